The largest absolute Gasteiger partial charge is 0.496 e. The lowest BCUT2D eigenvalue weighted by molar-refractivity contribution is 0.0494. The second-order valence-corrected chi connectivity index (χ2v) is 8.15. The highest BCUT2D eigenvalue weighted by Gasteiger charge is 2.27. The van der Waals surface area contributed by atoms with Crippen molar-refractivity contribution in [2.24, 2.45) is 0 Å². The number of methoxy groups -OCH3 is 1. The second kappa shape index (κ2) is 9.54. The average molecular weight is 387 g/mol. The van der Waals surface area contributed by atoms with Gasteiger partial charge in [-0.05, 0) is 42.5 Å². The van der Waals surface area contributed by atoms with Crippen molar-refractivity contribution in [3.05, 3.63) is 46.8 Å². The molecule has 1 fully saturated rings. The highest BCUT2D eigenvalue weighted by molar-refractivity contribution is 5.36. The molecular weight excluding hydrogens is 352 g/mol. The van der Waals surface area contributed by atoms with E-state index in [9.17, 15) is 5.11 Å². The Kier molecular flexibility index (Phi) is 7.10. The predicted octanol–water partition coefficient (Wildman–Crippen LogP) is 2.92. The van der Waals surface area contributed by atoms with Crippen molar-refractivity contribution in [1.29, 1.82) is 0 Å². The van der Waals surface area contributed by atoms with Crippen molar-refractivity contribution in [2.45, 2.75) is 52.2 Å². The third-order valence-corrected chi connectivity index (χ3v) is 5.63. The molecular formula is C22H34N4O2. The lowest BCUT2D eigenvalue weighted by Crippen LogP contribution is -2.52. The summed E-state index contributed by atoms with van der Waals surface area (Å²) in [7, 11) is 1.71. The smallest absolute Gasteiger partial charge is 0.121 e. The van der Waals surface area contributed by atoms with Crippen LogP contribution in [0.25, 0.3) is 0 Å². The van der Waals surface area contributed by atoms with Gasteiger partial charge in [-0.3, -0.25) is 14.9 Å². The van der Waals surface area contributed by atoms with Crippen LogP contribution in [0.5, 0.6) is 5.75 Å². The number of aromatic nitrogens is 2. The zero-order valence-corrected chi connectivity index (χ0v) is 17.6. The first-order valence-electron chi connectivity index (χ1n) is 10.2. The van der Waals surface area contributed by atoms with Crippen molar-refractivity contribution < 1.29 is 9.84 Å². The molecule has 0 spiro atoms. The van der Waals surface area contributed by atoms with Crippen LogP contribution in [0.2, 0.25) is 0 Å². The van der Waals surface area contributed by atoms with Crippen LogP contribution in [-0.2, 0) is 13.1 Å². The number of benzene rings is 1. The van der Waals surface area contributed by atoms with Crippen LogP contribution in [-0.4, -0.2) is 64.5 Å². The van der Waals surface area contributed by atoms with E-state index in [0.29, 0.717) is 12.0 Å². The van der Waals surface area contributed by atoms with Gasteiger partial charge in [0.05, 0.1) is 12.8 Å². The number of hydrogen-bond acceptors (Lipinski definition) is 5. The summed E-state index contributed by atoms with van der Waals surface area (Å²) in [4.78, 5) is 4.97. The maximum atomic E-state index is 9.58. The molecule has 1 atom stereocenters. The lowest BCUT2D eigenvalue weighted by Gasteiger charge is -2.41. The van der Waals surface area contributed by atoms with Crippen LogP contribution in [0.15, 0.2) is 24.3 Å². The van der Waals surface area contributed by atoms with Gasteiger partial charge < -0.3 is 9.84 Å². The molecule has 1 aromatic heterocycles. The Balaban J connectivity index is 1.62. The number of aliphatic hydroxyl groups is 1. The van der Waals surface area contributed by atoms with Gasteiger partial charge in [0.15, 0.2) is 0 Å². The number of nitrogens with one attached hydrogen (secondary N) is 1. The van der Waals surface area contributed by atoms with Gasteiger partial charge in [-0.15, -0.1) is 0 Å². The van der Waals surface area contributed by atoms with E-state index in [1.54, 1.807) is 7.11 Å². The molecule has 0 amide bonds. The van der Waals surface area contributed by atoms with E-state index in [4.69, 9.17) is 4.74 Å². The minimum absolute atomic E-state index is 0.220. The molecule has 2 aromatic rings. The van der Waals surface area contributed by atoms with Crippen LogP contribution in [0.1, 0.15) is 48.7 Å². The van der Waals surface area contributed by atoms with Crippen LogP contribution in [0.4, 0.5) is 0 Å². The Bertz CT molecular complexity index is 759. The third kappa shape index (κ3) is 5.13. The van der Waals surface area contributed by atoms with Crippen molar-refractivity contribution in [2.75, 3.05) is 33.4 Å². The fraction of sp³-hybridized carbons (Fsp3) is 0.591. The first-order valence-corrected chi connectivity index (χ1v) is 10.2. The molecule has 2 N–H and O–H groups in total. The number of piperazine rings is 1. The molecule has 1 saturated heterocycles. The van der Waals surface area contributed by atoms with Gasteiger partial charge in [-0.1, -0.05) is 26.0 Å². The third-order valence-electron chi connectivity index (χ3n) is 5.63. The molecule has 6 nitrogen and oxygen atoms in total. The Morgan fingerprint density at radius 2 is 2.07 bits per heavy atom. The van der Waals surface area contributed by atoms with Crippen molar-refractivity contribution >= 4 is 0 Å². The topological polar surface area (TPSA) is 64.6 Å². The summed E-state index contributed by atoms with van der Waals surface area (Å²) >= 11 is 0. The Hall–Kier alpha value is -1.89. The van der Waals surface area contributed by atoms with E-state index in [1.165, 1.54) is 11.3 Å². The van der Waals surface area contributed by atoms with E-state index in [0.717, 1.165) is 56.2 Å². The Morgan fingerprint density at radius 3 is 2.71 bits per heavy atom. The van der Waals surface area contributed by atoms with Gasteiger partial charge in [0.25, 0.3) is 0 Å². The predicted molar refractivity (Wildman–Crippen MR) is 112 cm³/mol. The number of aliphatic hydroxyl groups excluding tert-OH is 1. The lowest BCUT2D eigenvalue weighted by atomic mass is 10.0. The van der Waals surface area contributed by atoms with E-state index in [2.05, 4.69) is 59.0 Å². The summed E-state index contributed by atoms with van der Waals surface area (Å²) < 4.78 is 5.38. The van der Waals surface area contributed by atoms with Crippen molar-refractivity contribution in [1.82, 2.24) is 20.0 Å². The number of hydrogen-bond donors (Lipinski definition) is 2. The SMILES string of the molecule is COc1ccc(CN2CCN(Cc3cc(C(C)C)n[nH]3)C[C@@H]2CCO)cc1C. The Labute approximate surface area is 168 Å². The summed E-state index contributed by atoms with van der Waals surface area (Å²) in [6.45, 7) is 11.4. The Morgan fingerprint density at radius 1 is 1.25 bits per heavy atom. The second-order valence-electron chi connectivity index (χ2n) is 8.15. The highest BCUT2D eigenvalue weighted by Crippen LogP contribution is 2.23. The molecule has 0 radical (unpaired) electrons. The quantitative estimate of drug-likeness (QED) is 0.730. The van der Waals surface area contributed by atoms with Crippen LogP contribution in [0.3, 0.4) is 0 Å². The minimum Gasteiger partial charge on any atom is -0.496 e. The molecule has 1 aromatic carbocycles. The normalized spacial score (nSPS) is 18.7. The van der Waals surface area contributed by atoms with E-state index in [-0.39, 0.29) is 6.61 Å². The zero-order valence-electron chi connectivity index (χ0n) is 17.6. The number of ether oxygens (including phenoxy) is 1. The highest BCUT2D eigenvalue weighted by atomic mass is 16.5. The summed E-state index contributed by atoms with van der Waals surface area (Å²) in [6.07, 6.45) is 0.797. The number of aromatic amines is 1. The maximum absolute atomic E-state index is 9.58. The minimum atomic E-state index is 0.220. The van der Waals surface area contributed by atoms with E-state index in [1.807, 2.05) is 6.07 Å². The van der Waals surface area contributed by atoms with Gasteiger partial charge in [0.2, 0.25) is 0 Å². The first-order chi connectivity index (χ1) is 13.5. The van der Waals surface area contributed by atoms with Gasteiger partial charge in [0, 0.05) is 51.1 Å². The van der Waals surface area contributed by atoms with Gasteiger partial charge in [-0.2, -0.15) is 5.10 Å². The number of rotatable bonds is 8. The molecule has 3 rings (SSSR count). The number of H-pyrrole nitrogens is 1. The van der Waals surface area contributed by atoms with E-state index < -0.39 is 0 Å². The molecule has 6 heteroatoms. The molecule has 0 saturated carbocycles. The average Bonchev–Trinajstić information content (AvgIpc) is 3.13. The van der Waals surface area contributed by atoms with Crippen molar-refractivity contribution in [3.8, 4) is 5.75 Å². The zero-order chi connectivity index (χ0) is 20.1. The summed E-state index contributed by atoms with van der Waals surface area (Å²) in [5.74, 6) is 1.37. The summed E-state index contributed by atoms with van der Waals surface area (Å²) in [6, 6.07) is 8.93. The van der Waals surface area contributed by atoms with Crippen LogP contribution >= 0.6 is 0 Å². The van der Waals surface area contributed by atoms with E-state index >= 15 is 0 Å². The first kappa shape index (κ1) is 20.8. The molecule has 1 aliphatic heterocycles. The van der Waals surface area contributed by atoms with Gasteiger partial charge >= 0.3 is 0 Å². The van der Waals surface area contributed by atoms with Crippen LogP contribution in [0, 0.1) is 6.92 Å². The maximum Gasteiger partial charge on any atom is 0.121 e. The molecule has 28 heavy (non-hydrogen) atoms. The number of aryl methyl sites for hydroxylation is 1. The standard InChI is InChI=1S/C22H34N4O2/c1-16(2)21-12-19(23-24-21)14-25-8-9-26(20(15-25)7-10-27)13-18-5-6-22(28-4)17(3)11-18/h5-6,11-12,16,20,27H,7-10,13-15H2,1-4H3,(H,23,24)/t20-/m0/s1. The van der Waals surface area contributed by atoms with Crippen LogP contribution < -0.4 is 4.74 Å². The van der Waals surface area contributed by atoms with Gasteiger partial charge in [0.1, 0.15) is 5.75 Å². The molecule has 0 bridgehead atoms. The molecule has 2 heterocycles. The number of nitrogens with zero attached hydrogens (tertiary/aromatic N) is 3. The summed E-state index contributed by atoms with van der Waals surface area (Å²) in [5, 5.41) is 17.2. The summed E-state index contributed by atoms with van der Waals surface area (Å²) in [5.41, 5.74) is 4.75. The molecule has 154 valence electrons. The monoisotopic (exact) mass is 386 g/mol. The molecule has 1 aliphatic rings. The molecule has 0 aliphatic carbocycles. The molecule has 0 unspecified atom stereocenters. The van der Waals surface area contributed by atoms with Gasteiger partial charge in [-0.25, -0.2) is 0 Å². The van der Waals surface area contributed by atoms with Crippen molar-refractivity contribution in [3.63, 3.8) is 0 Å². The fourth-order valence-corrected chi connectivity index (χ4v) is 4.00. The fourth-order valence-electron chi connectivity index (χ4n) is 4.00.